The Balaban J connectivity index is 3.36. The quantitative estimate of drug-likeness (QED) is 0.830. The normalized spacial score (nSPS) is 12.4. The van der Waals surface area contributed by atoms with Crippen LogP contribution in [0.1, 0.15) is 18.5 Å². The molecule has 1 atom stereocenters. The molecule has 0 fully saturated rings. The van der Waals surface area contributed by atoms with Gasteiger partial charge in [0, 0.05) is 12.1 Å². The molecule has 6 heteroatoms. The number of nitrogens with one attached hydrogen (secondary N) is 1. The predicted molar refractivity (Wildman–Crippen MR) is 68.5 cm³/mol. The molecule has 19 heavy (non-hydrogen) atoms. The van der Waals surface area contributed by atoms with Crippen LogP contribution in [0.3, 0.4) is 0 Å². The van der Waals surface area contributed by atoms with Crippen LogP contribution >= 0.6 is 0 Å². The molecule has 1 rings (SSSR count). The molecule has 1 aromatic rings. The predicted octanol–water partition coefficient (Wildman–Crippen LogP) is 2.63. The minimum Gasteiger partial charge on any atom is -0.496 e. The minimum absolute atomic E-state index is 0.294. The summed E-state index contributed by atoms with van der Waals surface area (Å²) in [6, 6.07) is 1.97. The molecular weight excluding hydrogens is 256 g/mol. The van der Waals surface area contributed by atoms with Crippen LogP contribution in [0.15, 0.2) is 12.1 Å². The molecule has 0 spiro atoms. The summed E-state index contributed by atoms with van der Waals surface area (Å²) < 4.78 is 41.8. The Morgan fingerprint density at radius 2 is 1.58 bits per heavy atom. The van der Waals surface area contributed by atoms with Gasteiger partial charge in [-0.2, -0.15) is 0 Å². The van der Waals surface area contributed by atoms with Crippen molar-refractivity contribution in [3.8, 4) is 17.2 Å². The highest BCUT2D eigenvalue weighted by molar-refractivity contribution is 5.52. The van der Waals surface area contributed by atoms with E-state index in [4.69, 9.17) is 14.2 Å². The van der Waals surface area contributed by atoms with Crippen LogP contribution in [0.4, 0.5) is 8.78 Å². The van der Waals surface area contributed by atoms with Gasteiger partial charge in [-0.15, -0.1) is 0 Å². The standard InChI is InChI=1S/C13H19F2NO3/c1-5-16-12(13(14)15)11-9(18-3)6-8(17-2)7-10(11)19-4/h6-7,12-13,16H,5H2,1-4H3. The van der Waals surface area contributed by atoms with Crippen LogP contribution < -0.4 is 19.5 Å². The maximum Gasteiger partial charge on any atom is 0.258 e. The second-order valence-electron chi connectivity index (χ2n) is 3.82. The summed E-state index contributed by atoms with van der Waals surface area (Å²) in [5, 5.41) is 2.73. The number of alkyl halides is 2. The third-order valence-corrected chi connectivity index (χ3v) is 2.74. The van der Waals surface area contributed by atoms with E-state index in [2.05, 4.69) is 5.32 Å². The third-order valence-electron chi connectivity index (χ3n) is 2.74. The van der Waals surface area contributed by atoms with Crippen molar-refractivity contribution in [2.75, 3.05) is 27.9 Å². The van der Waals surface area contributed by atoms with Gasteiger partial charge in [0.25, 0.3) is 6.43 Å². The summed E-state index contributed by atoms with van der Waals surface area (Å²) in [6.45, 7) is 2.17. The number of ether oxygens (including phenoxy) is 3. The molecule has 0 bridgehead atoms. The molecule has 0 aromatic heterocycles. The summed E-state index contributed by atoms with van der Waals surface area (Å²) in [6.07, 6.45) is -2.57. The zero-order valence-electron chi connectivity index (χ0n) is 11.5. The van der Waals surface area contributed by atoms with Gasteiger partial charge in [0.05, 0.1) is 26.9 Å². The van der Waals surface area contributed by atoms with Crippen molar-refractivity contribution in [2.45, 2.75) is 19.4 Å². The number of hydrogen-bond acceptors (Lipinski definition) is 4. The third kappa shape index (κ3) is 3.47. The van der Waals surface area contributed by atoms with E-state index in [1.54, 1.807) is 19.1 Å². The Labute approximate surface area is 111 Å². The lowest BCUT2D eigenvalue weighted by atomic mass is 10.0. The smallest absolute Gasteiger partial charge is 0.258 e. The molecule has 0 aliphatic rings. The Morgan fingerprint density at radius 1 is 1.05 bits per heavy atom. The first-order valence-corrected chi connectivity index (χ1v) is 5.90. The SMILES string of the molecule is CCNC(c1c(OC)cc(OC)cc1OC)C(F)F. The lowest BCUT2D eigenvalue weighted by molar-refractivity contribution is 0.0964. The summed E-state index contributed by atoms with van der Waals surface area (Å²) >= 11 is 0. The Bertz CT molecular complexity index is 388. The number of methoxy groups -OCH3 is 3. The van der Waals surface area contributed by atoms with Crippen LogP contribution in [0.2, 0.25) is 0 Å². The van der Waals surface area contributed by atoms with Gasteiger partial charge in [0.15, 0.2) is 0 Å². The van der Waals surface area contributed by atoms with Gasteiger partial charge in [0.2, 0.25) is 0 Å². The maximum atomic E-state index is 13.2. The highest BCUT2D eigenvalue weighted by atomic mass is 19.3. The highest BCUT2D eigenvalue weighted by Crippen LogP contribution is 2.40. The summed E-state index contributed by atoms with van der Waals surface area (Å²) in [7, 11) is 4.33. The molecule has 108 valence electrons. The van der Waals surface area contributed by atoms with Gasteiger partial charge in [-0.1, -0.05) is 6.92 Å². The van der Waals surface area contributed by atoms with Crippen LogP contribution in [0.5, 0.6) is 17.2 Å². The van der Waals surface area contributed by atoms with Gasteiger partial charge in [-0.25, -0.2) is 8.78 Å². The van der Waals surface area contributed by atoms with Gasteiger partial charge < -0.3 is 19.5 Å². The molecule has 1 unspecified atom stereocenters. The van der Waals surface area contributed by atoms with Crippen LogP contribution in [0, 0.1) is 0 Å². The number of benzene rings is 1. The summed E-state index contributed by atoms with van der Waals surface area (Å²) in [5.41, 5.74) is 0.294. The average Bonchev–Trinajstić information content (AvgIpc) is 2.43. The van der Waals surface area contributed by atoms with Crippen molar-refractivity contribution in [3.05, 3.63) is 17.7 Å². The Kier molecular flexibility index (Phi) is 5.82. The molecular formula is C13H19F2NO3. The van der Waals surface area contributed by atoms with Crippen LogP contribution in [-0.4, -0.2) is 34.3 Å². The first-order chi connectivity index (χ1) is 9.08. The van der Waals surface area contributed by atoms with E-state index < -0.39 is 12.5 Å². The topological polar surface area (TPSA) is 39.7 Å². The zero-order valence-corrected chi connectivity index (χ0v) is 11.5. The van der Waals surface area contributed by atoms with Gasteiger partial charge in [0.1, 0.15) is 23.3 Å². The largest absolute Gasteiger partial charge is 0.496 e. The van der Waals surface area contributed by atoms with Crippen molar-refractivity contribution >= 4 is 0 Å². The summed E-state index contributed by atoms with van der Waals surface area (Å²) in [5.74, 6) is 1.10. The Hall–Kier alpha value is -1.56. The highest BCUT2D eigenvalue weighted by Gasteiger charge is 2.29. The fraction of sp³-hybridized carbons (Fsp3) is 0.538. The summed E-state index contributed by atoms with van der Waals surface area (Å²) in [4.78, 5) is 0. The average molecular weight is 275 g/mol. The van der Waals surface area contributed by atoms with Crippen LogP contribution in [-0.2, 0) is 0 Å². The molecule has 0 saturated carbocycles. The fourth-order valence-corrected chi connectivity index (χ4v) is 1.88. The molecule has 1 N–H and O–H groups in total. The van der Waals surface area contributed by atoms with Gasteiger partial charge in [-0.3, -0.25) is 0 Å². The first kappa shape index (κ1) is 15.5. The molecule has 0 radical (unpaired) electrons. The van der Waals surface area contributed by atoms with E-state index in [9.17, 15) is 8.78 Å². The minimum atomic E-state index is -2.57. The van der Waals surface area contributed by atoms with Crippen molar-refractivity contribution < 1.29 is 23.0 Å². The maximum absolute atomic E-state index is 13.2. The second kappa shape index (κ2) is 7.13. The molecule has 0 saturated heterocycles. The number of hydrogen-bond donors (Lipinski definition) is 1. The molecule has 0 heterocycles. The van der Waals surface area contributed by atoms with E-state index in [1.807, 2.05) is 0 Å². The van der Waals surface area contributed by atoms with E-state index in [0.717, 1.165) is 0 Å². The fourth-order valence-electron chi connectivity index (χ4n) is 1.88. The lowest BCUT2D eigenvalue weighted by Gasteiger charge is -2.23. The van der Waals surface area contributed by atoms with Gasteiger partial charge >= 0.3 is 0 Å². The van der Waals surface area contributed by atoms with E-state index >= 15 is 0 Å². The molecule has 0 aliphatic carbocycles. The van der Waals surface area contributed by atoms with Crippen molar-refractivity contribution in [3.63, 3.8) is 0 Å². The molecule has 1 aromatic carbocycles. The van der Waals surface area contributed by atoms with Crippen LogP contribution in [0.25, 0.3) is 0 Å². The monoisotopic (exact) mass is 275 g/mol. The van der Waals surface area contributed by atoms with E-state index in [-0.39, 0.29) is 0 Å². The lowest BCUT2D eigenvalue weighted by Crippen LogP contribution is -2.28. The number of rotatable bonds is 7. The first-order valence-electron chi connectivity index (χ1n) is 5.90. The second-order valence-corrected chi connectivity index (χ2v) is 3.82. The van der Waals surface area contributed by atoms with Crippen molar-refractivity contribution in [1.29, 1.82) is 0 Å². The van der Waals surface area contributed by atoms with Crippen molar-refractivity contribution in [2.24, 2.45) is 0 Å². The van der Waals surface area contributed by atoms with E-state index in [0.29, 0.717) is 29.4 Å². The van der Waals surface area contributed by atoms with Crippen molar-refractivity contribution in [1.82, 2.24) is 5.32 Å². The Morgan fingerprint density at radius 3 is 1.89 bits per heavy atom. The zero-order chi connectivity index (χ0) is 14.4. The van der Waals surface area contributed by atoms with E-state index in [1.165, 1.54) is 21.3 Å². The number of halogens is 2. The molecule has 0 amide bonds. The molecule has 4 nitrogen and oxygen atoms in total. The van der Waals surface area contributed by atoms with Gasteiger partial charge in [-0.05, 0) is 6.54 Å². The molecule has 0 aliphatic heterocycles.